The first-order valence-corrected chi connectivity index (χ1v) is 4.64. The Hall–Kier alpha value is -0.320. The van der Waals surface area contributed by atoms with Crippen molar-refractivity contribution >= 4 is 30.1 Å². The SMILES string of the molecule is CNCCN(C)c1cc(=S)c1=S. The molecule has 0 aliphatic heterocycles. The van der Waals surface area contributed by atoms with Crippen molar-refractivity contribution in [3.63, 3.8) is 0 Å². The van der Waals surface area contributed by atoms with Crippen LogP contribution in [0, 0.1) is 9.02 Å². The van der Waals surface area contributed by atoms with Gasteiger partial charge in [0.05, 0.1) is 14.7 Å². The Balaban J connectivity index is 2.56. The second kappa shape index (κ2) is 4.07. The van der Waals surface area contributed by atoms with E-state index in [2.05, 4.69) is 10.2 Å². The Morgan fingerprint density at radius 2 is 2.17 bits per heavy atom. The van der Waals surface area contributed by atoms with Crippen LogP contribution in [0.1, 0.15) is 0 Å². The standard InChI is InChI=1S/C8H12N2S2/c1-9-3-4-10(2)6-5-7(11)8(6)12/h5,9H,3-4H2,1-2H3. The number of nitrogens with zero attached hydrogens (tertiary/aromatic N) is 1. The summed E-state index contributed by atoms with van der Waals surface area (Å²) in [5.74, 6) is 0. The lowest BCUT2D eigenvalue weighted by molar-refractivity contribution is 0.766. The molecule has 1 aromatic rings. The van der Waals surface area contributed by atoms with Crippen LogP contribution in [0.5, 0.6) is 0 Å². The van der Waals surface area contributed by atoms with E-state index in [4.69, 9.17) is 24.4 Å². The number of hydrogen-bond donors (Lipinski definition) is 1. The third kappa shape index (κ3) is 1.88. The van der Waals surface area contributed by atoms with Crippen molar-refractivity contribution in [3.05, 3.63) is 15.1 Å². The highest BCUT2D eigenvalue weighted by Gasteiger charge is 2.06. The Kier molecular flexibility index (Phi) is 3.31. The van der Waals surface area contributed by atoms with Crippen LogP contribution in [0.2, 0.25) is 0 Å². The molecule has 0 heterocycles. The number of rotatable bonds is 4. The van der Waals surface area contributed by atoms with Gasteiger partial charge in [-0.1, -0.05) is 24.4 Å². The second-order valence-corrected chi connectivity index (χ2v) is 3.60. The quantitative estimate of drug-likeness (QED) is 0.743. The molecule has 1 rings (SSSR count). The highest BCUT2D eigenvalue weighted by atomic mass is 32.1. The van der Waals surface area contributed by atoms with Crippen molar-refractivity contribution in [1.29, 1.82) is 0 Å². The zero-order valence-electron chi connectivity index (χ0n) is 7.26. The van der Waals surface area contributed by atoms with Gasteiger partial charge >= 0.3 is 0 Å². The molecule has 4 heteroatoms. The minimum atomic E-state index is 0.816. The molecular weight excluding hydrogens is 188 g/mol. The second-order valence-electron chi connectivity index (χ2n) is 2.75. The summed E-state index contributed by atoms with van der Waals surface area (Å²) < 4.78 is 1.65. The fraction of sp³-hybridized carbons (Fsp3) is 0.500. The number of hydrogen-bond acceptors (Lipinski definition) is 4. The Bertz CT molecular complexity index is 325. The van der Waals surface area contributed by atoms with E-state index in [0.717, 1.165) is 27.8 Å². The van der Waals surface area contributed by atoms with Crippen LogP contribution in [0.15, 0.2) is 6.07 Å². The third-order valence-corrected chi connectivity index (χ3v) is 2.71. The van der Waals surface area contributed by atoms with E-state index in [9.17, 15) is 0 Å². The molecule has 0 aliphatic rings. The fourth-order valence-electron chi connectivity index (χ4n) is 0.987. The minimum Gasteiger partial charge on any atom is -0.372 e. The van der Waals surface area contributed by atoms with E-state index >= 15 is 0 Å². The summed E-state index contributed by atoms with van der Waals surface area (Å²) in [4.78, 5) is 2.12. The molecule has 0 amide bonds. The monoisotopic (exact) mass is 200 g/mol. The summed E-state index contributed by atoms with van der Waals surface area (Å²) >= 11 is 10.0. The lowest BCUT2D eigenvalue weighted by Crippen LogP contribution is -2.27. The van der Waals surface area contributed by atoms with Gasteiger partial charge in [0.2, 0.25) is 0 Å². The Labute approximate surface area is 82.9 Å². The smallest absolute Gasteiger partial charge is 0.0792 e. The summed E-state index contributed by atoms with van der Waals surface area (Å²) in [6.07, 6.45) is 0. The first kappa shape index (κ1) is 9.77. The first-order valence-electron chi connectivity index (χ1n) is 3.83. The van der Waals surface area contributed by atoms with Crippen molar-refractivity contribution in [2.45, 2.75) is 0 Å². The highest BCUT2D eigenvalue weighted by Crippen LogP contribution is 2.20. The molecular formula is C8H12N2S2. The lowest BCUT2D eigenvalue weighted by Gasteiger charge is -2.20. The van der Waals surface area contributed by atoms with Gasteiger partial charge in [0.1, 0.15) is 0 Å². The van der Waals surface area contributed by atoms with E-state index in [-0.39, 0.29) is 0 Å². The van der Waals surface area contributed by atoms with Gasteiger partial charge in [-0.25, -0.2) is 0 Å². The topological polar surface area (TPSA) is 15.3 Å². The number of nitrogens with one attached hydrogen (secondary N) is 1. The molecule has 0 aromatic heterocycles. The summed E-state index contributed by atoms with van der Waals surface area (Å²) in [5.41, 5.74) is 1.10. The van der Waals surface area contributed by atoms with Crippen molar-refractivity contribution < 1.29 is 0 Å². The predicted octanol–water partition coefficient (Wildman–Crippen LogP) is 1.68. The van der Waals surface area contributed by atoms with Gasteiger partial charge in [-0.3, -0.25) is 0 Å². The molecule has 0 atom stereocenters. The maximum Gasteiger partial charge on any atom is 0.0792 e. The predicted molar refractivity (Wildman–Crippen MR) is 57.7 cm³/mol. The summed E-state index contributed by atoms with van der Waals surface area (Å²) in [7, 11) is 3.96. The molecule has 0 radical (unpaired) electrons. The van der Waals surface area contributed by atoms with Crippen LogP contribution in [0.3, 0.4) is 0 Å². The van der Waals surface area contributed by atoms with E-state index in [1.54, 1.807) is 0 Å². The van der Waals surface area contributed by atoms with Gasteiger partial charge in [0, 0.05) is 20.1 Å². The Morgan fingerprint density at radius 3 is 2.58 bits per heavy atom. The van der Waals surface area contributed by atoms with Crippen LogP contribution < -0.4 is 10.2 Å². The van der Waals surface area contributed by atoms with E-state index in [1.165, 1.54) is 0 Å². The normalized spacial score (nSPS) is 10.5. The molecule has 0 saturated carbocycles. The molecule has 0 saturated heterocycles. The van der Waals surface area contributed by atoms with Gasteiger partial charge in [0.15, 0.2) is 0 Å². The summed E-state index contributed by atoms with van der Waals surface area (Å²) in [6, 6.07) is 1.95. The van der Waals surface area contributed by atoms with Crippen LogP contribution in [-0.2, 0) is 0 Å². The lowest BCUT2D eigenvalue weighted by atomic mass is 10.2. The number of anilines is 1. The highest BCUT2D eigenvalue weighted by molar-refractivity contribution is 7.74. The molecule has 0 fully saturated rings. The average Bonchev–Trinajstić information content (AvgIpc) is 2.09. The van der Waals surface area contributed by atoms with Crippen LogP contribution >= 0.6 is 24.4 Å². The van der Waals surface area contributed by atoms with Crippen molar-refractivity contribution in [3.8, 4) is 0 Å². The van der Waals surface area contributed by atoms with E-state index in [0.29, 0.717) is 0 Å². The molecule has 0 spiro atoms. The van der Waals surface area contributed by atoms with Gasteiger partial charge in [0.25, 0.3) is 0 Å². The molecule has 1 N–H and O–H groups in total. The molecule has 0 bridgehead atoms. The van der Waals surface area contributed by atoms with Crippen molar-refractivity contribution in [2.75, 3.05) is 32.1 Å². The molecule has 0 aliphatic carbocycles. The fourth-order valence-corrected chi connectivity index (χ4v) is 1.48. The maximum absolute atomic E-state index is 5.08. The number of likely N-dealkylation sites (N-methyl/N-ethyl adjacent to an activating group) is 2. The summed E-state index contributed by atoms with van der Waals surface area (Å²) in [6.45, 7) is 1.92. The van der Waals surface area contributed by atoms with Gasteiger partial charge in [-0.2, -0.15) is 0 Å². The van der Waals surface area contributed by atoms with Gasteiger partial charge in [-0.15, -0.1) is 0 Å². The van der Waals surface area contributed by atoms with Crippen LogP contribution in [-0.4, -0.2) is 27.2 Å². The van der Waals surface area contributed by atoms with Gasteiger partial charge < -0.3 is 10.2 Å². The first-order chi connectivity index (χ1) is 5.66. The van der Waals surface area contributed by atoms with Crippen LogP contribution in [0.4, 0.5) is 5.69 Å². The summed E-state index contributed by atoms with van der Waals surface area (Å²) in [5, 5.41) is 3.08. The Morgan fingerprint density at radius 1 is 1.50 bits per heavy atom. The van der Waals surface area contributed by atoms with Crippen molar-refractivity contribution in [1.82, 2.24) is 5.32 Å². The molecule has 2 nitrogen and oxygen atoms in total. The minimum absolute atomic E-state index is 0.816. The largest absolute Gasteiger partial charge is 0.372 e. The molecule has 1 aromatic carbocycles. The maximum atomic E-state index is 5.08. The zero-order valence-corrected chi connectivity index (χ0v) is 8.89. The van der Waals surface area contributed by atoms with E-state index < -0.39 is 0 Å². The van der Waals surface area contributed by atoms with Gasteiger partial charge in [-0.05, 0) is 13.1 Å². The molecule has 0 unspecified atom stereocenters. The molecule has 66 valence electrons. The molecule has 12 heavy (non-hydrogen) atoms. The van der Waals surface area contributed by atoms with Crippen LogP contribution in [0.25, 0.3) is 0 Å². The third-order valence-electron chi connectivity index (χ3n) is 1.83. The van der Waals surface area contributed by atoms with E-state index in [1.807, 2.05) is 20.2 Å². The van der Waals surface area contributed by atoms with Crippen molar-refractivity contribution in [2.24, 2.45) is 0 Å². The zero-order chi connectivity index (χ0) is 9.14. The average molecular weight is 200 g/mol.